The van der Waals surface area contributed by atoms with Gasteiger partial charge in [0.05, 0.1) is 6.42 Å². The summed E-state index contributed by atoms with van der Waals surface area (Å²) in [6.07, 6.45) is 3.74. The van der Waals surface area contributed by atoms with E-state index in [1.807, 2.05) is 17.0 Å². The number of fused-ring (bicyclic) bond motifs is 1. The Kier molecular flexibility index (Phi) is 4.17. The molecule has 1 aliphatic heterocycles. The van der Waals surface area contributed by atoms with Crippen molar-refractivity contribution in [1.29, 1.82) is 0 Å². The molecule has 1 aliphatic rings. The number of H-pyrrole nitrogens is 1. The van der Waals surface area contributed by atoms with Gasteiger partial charge in [-0.2, -0.15) is 5.10 Å². The van der Waals surface area contributed by atoms with Gasteiger partial charge >= 0.3 is 0 Å². The van der Waals surface area contributed by atoms with E-state index in [1.165, 1.54) is 6.07 Å². The Balaban J connectivity index is 1.51. The molecule has 1 amide bonds. The fourth-order valence-corrected chi connectivity index (χ4v) is 3.54. The average molecular weight is 338 g/mol. The van der Waals surface area contributed by atoms with Gasteiger partial charge < -0.3 is 4.90 Å². The number of rotatable bonds is 3. The molecule has 0 aliphatic carbocycles. The first-order chi connectivity index (χ1) is 12.2. The zero-order valence-corrected chi connectivity index (χ0v) is 13.8. The molecule has 0 unspecified atom stereocenters. The summed E-state index contributed by atoms with van der Waals surface area (Å²) in [5.41, 5.74) is 2.18. The number of pyridine rings is 1. The lowest BCUT2D eigenvalue weighted by Gasteiger charge is -2.32. The first kappa shape index (κ1) is 15.7. The van der Waals surface area contributed by atoms with E-state index in [9.17, 15) is 9.18 Å². The number of halogens is 1. The molecule has 1 N–H and O–H groups in total. The monoisotopic (exact) mass is 338 g/mol. The van der Waals surface area contributed by atoms with Crippen molar-refractivity contribution < 1.29 is 9.18 Å². The van der Waals surface area contributed by atoms with Gasteiger partial charge in [0, 0.05) is 36.3 Å². The second-order valence-electron chi connectivity index (χ2n) is 6.46. The summed E-state index contributed by atoms with van der Waals surface area (Å²) >= 11 is 0. The molecule has 3 aromatic rings. The van der Waals surface area contributed by atoms with E-state index in [2.05, 4.69) is 15.2 Å². The van der Waals surface area contributed by atoms with Crippen LogP contribution in [0, 0.1) is 5.82 Å². The van der Waals surface area contributed by atoms with Gasteiger partial charge in [-0.1, -0.05) is 18.2 Å². The molecular formula is C19H19FN4O. The lowest BCUT2D eigenvalue weighted by Crippen LogP contribution is -2.40. The molecule has 1 atom stereocenters. The molecule has 1 saturated heterocycles. The number of nitrogens with one attached hydrogen (secondary N) is 1. The number of aromatic nitrogens is 3. The smallest absolute Gasteiger partial charge is 0.227 e. The van der Waals surface area contributed by atoms with Crippen LogP contribution in [0.2, 0.25) is 0 Å². The van der Waals surface area contributed by atoms with Gasteiger partial charge in [0.15, 0.2) is 5.65 Å². The maximum atomic E-state index is 13.8. The second kappa shape index (κ2) is 6.63. The van der Waals surface area contributed by atoms with Crippen LogP contribution in [0.4, 0.5) is 4.39 Å². The number of carbonyl (C=O) groups excluding carboxylic acids is 1. The van der Waals surface area contributed by atoms with Crippen molar-refractivity contribution in [2.75, 3.05) is 13.1 Å². The third-order valence-electron chi connectivity index (χ3n) is 4.84. The van der Waals surface area contributed by atoms with Crippen molar-refractivity contribution in [2.45, 2.75) is 25.2 Å². The lowest BCUT2D eigenvalue weighted by atomic mass is 9.93. The molecule has 0 radical (unpaired) electrons. The highest BCUT2D eigenvalue weighted by Crippen LogP contribution is 2.30. The Morgan fingerprint density at radius 3 is 3.04 bits per heavy atom. The predicted octanol–water partition coefficient (Wildman–Crippen LogP) is 3.05. The standard InChI is InChI=1S/C19H19FN4O/c20-16-8-2-1-5-13(16)11-17(25)24-10-4-6-14(12-24)18-15-7-3-9-21-19(15)23-22-18/h1-3,5,7-9,14H,4,6,10-12H2,(H,21,22,23)/t14-/m0/s1. The molecule has 0 spiro atoms. The first-order valence-electron chi connectivity index (χ1n) is 8.52. The van der Waals surface area contributed by atoms with E-state index >= 15 is 0 Å². The largest absolute Gasteiger partial charge is 0.342 e. The lowest BCUT2D eigenvalue weighted by molar-refractivity contribution is -0.131. The minimum absolute atomic E-state index is 0.0308. The van der Waals surface area contributed by atoms with Gasteiger partial charge in [0.2, 0.25) is 5.91 Å². The van der Waals surface area contributed by atoms with Crippen molar-refractivity contribution in [3.8, 4) is 0 Å². The number of nitrogens with zero attached hydrogens (tertiary/aromatic N) is 3. The number of hydrogen-bond donors (Lipinski definition) is 1. The molecule has 25 heavy (non-hydrogen) atoms. The Labute approximate surface area is 144 Å². The second-order valence-corrected chi connectivity index (χ2v) is 6.46. The number of amides is 1. The predicted molar refractivity (Wildman–Crippen MR) is 92.5 cm³/mol. The van der Waals surface area contributed by atoms with Gasteiger partial charge in [0.1, 0.15) is 5.82 Å². The molecular weight excluding hydrogens is 319 g/mol. The summed E-state index contributed by atoms with van der Waals surface area (Å²) in [6, 6.07) is 10.4. The van der Waals surface area contributed by atoms with Gasteiger partial charge in [-0.3, -0.25) is 9.89 Å². The van der Waals surface area contributed by atoms with Crippen LogP contribution in [0.3, 0.4) is 0 Å². The molecule has 3 heterocycles. The SMILES string of the molecule is O=C(Cc1ccccc1F)N1CCC[C@H](c2[nH]nc3ncccc23)C1. The summed E-state index contributed by atoms with van der Waals surface area (Å²) in [5, 5.41) is 8.36. The van der Waals surface area contributed by atoms with Crippen LogP contribution in [0.5, 0.6) is 0 Å². The van der Waals surface area contributed by atoms with Gasteiger partial charge in [0.25, 0.3) is 0 Å². The number of hydrogen-bond acceptors (Lipinski definition) is 3. The van der Waals surface area contributed by atoms with Crippen molar-refractivity contribution in [3.63, 3.8) is 0 Å². The maximum Gasteiger partial charge on any atom is 0.227 e. The van der Waals surface area contributed by atoms with Gasteiger partial charge in [-0.05, 0) is 36.6 Å². The molecule has 128 valence electrons. The van der Waals surface area contributed by atoms with Crippen molar-refractivity contribution in [3.05, 3.63) is 59.7 Å². The summed E-state index contributed by atoms with van der Waals surface area (Å²) in [6.45, 7) is 1.34. The fraction of sp³-hybridized carbons (Fsp3) is 0.316. The third kappa shape index (κ3) is 3.12. The van der Waals surface area contributed by atoms with E-state index in [0.717, 1.165) is 23.9 Å². The highest BCUT2D eigenvalue weighted by atomic mass is 19.1. The number of piperidine rings is 1. The van der Waals surface area contributed by atoms with Crippen LogP contribution in [0.1, 0.15) is 30.0 Å². The molecule has 1 fully saturated rings. The zero-order chi connectivity index (χ0) is 17.2. The van der Waals surface area contributed by atoms with Crippen LogP contribution >= 0.6 is 0 Å². The van der Waals surface area contributed by atoms with Gasteiger partial charge in [-0.25, -0.2) is 9.37 Å². The summed E-state index contributed by atoms with van der Waals surface area (Å²) in [4.78, 5) is 18.7. The number of carbonyl (C=O) groups is 1. The molecule has 6 heteroatoms. The third-order valence-corrected chi connectivity index (χ3v) is 4.84. The minimum Gasteiger partial charge on any atom is -0.342 e. The Morgan fingerprint density at radius 1 is 1.28 bits per heavy atom. The highest BCUT2D eigenvalue weighted by molar-refractivity contribution is 5.80. The number of likely N-dealkylation sites (tertiary alicyclic amines) is 1. The topological polar surface area (TPSA) is 61.9 Å². The van der Waals surface area contributed by atoms with Gasteiger partial charge in [-0.15, -0.1) is 0 Å². The summed E-state index contributed by atoms with van der Waals surface area (Å²) < 4.78 is 13.8. The molecule has 4 rings (SSSR count). The fourth-order valence-electron chi connectivity index (χ4n) is 3.54. The number of aromatic amines is 1. The van der Waals surface area contributed by atoms with E-state index in [4.69, 9.17) is 0 Å². The molecule has 0 saturated carbocycles. The van der Waals surface area contributed by atoms with Crippen molar-refractivity contribution >= 4 is 16.9 Å². The Bertz CT molecular complexity index is 907. The molecule has 1 aromatic carbocycles. The van der Waals surface area contributed by atoms with Crippen molar-refractivity contribution in [2.24, 2.45) is 0 Å². The summed E-state index contributed by atoms with van der Waals surface area (Å²) in [5.74, 6) is -0.153. The maximum absolute atomic E-state index is 13.8. The normalized spacial score (nSPS) is 17.8. The van der Waals surface area contributed by atoms with Crippen LogP contribution in [0.25, 0.3) is 11.0 Å². The van der Waals surface area contributed by atoms with Crippen LogP contribution in [-0.2, 0) is 11.2 Å². The van der Waals surface area contributed by atoms with Crippen LogP contribution in [0.15, 0.2) is 42.6 Å². The van der Waals surface area contributed by atoms with Crippen LogP contribution in [-0.4, -0.2) is 39.1 Å². The molecule has 5 nitrogen and oxygen atoms in total. The van der Waals surface area contributed by atoms with Crippen molar-refractivity contribution in [1.82, 2.24) is 20.1 Å². The average Bonchev–Trinajstić information content (AvgIpc) is 3.08. The highest BCUT2D eigenvalue weighted by Gasteiger charge is 2.27. The molecule has 0 bridgehead atoms. The van der Waals surface area contributed by atoms with E-state index in [0.29, 0.717) is 24.3 Å². The summed E-state index contributed by atoms with van der Waals surface area (Å²) in [7, 11) is 0. The first-order valence-corrected chi connectivity index (χ1v) is 8.52. The van der Waals surface area contributed by atoms with E-state index < -0.39 is 0 Å². The quantitative estimate of drug-likeness (QED) is 0.798. The Morgan fingerprint density at radius 2 is 2.16 bits per heavy atom. The van der Waals surface area contributed by atoms with E-state index in [-0.39, 0.29) is 24.1 Å². The zero-order valence-electron chi connectivity index (χ0n) is 13.8. The minimum atomic E-state index is -0.324. The van der Waals surface area contributed by atoms with E-state index in [1.54, 1.807) is 24.4 Å². The van der Waals surface area contributed by atoms with Crippen LogP contribution < -0.4 is 0 Å². The number of benzene rings is 1. The Hall–Kier alpha value is -2.76. The molecule has 2 aromatic heterocycles.